The smallest absolute Gasteiger partial charge is 0.310 e. The third-order valence-electron chi connectivity index (χ3n) is 13.2. The maximum atomic E-state index is 12.8. The van der Waals surface area contributed by atoms with Gasteiger partial charge in [0.25, 0.3) is 0 Å². The molecule has 0 aromatic carbocycles. The highest BCUT2D eigenvalue weighted by molar-refractivity contribution is 5.77. The van der Waals surface area contributed by atoms with Crippen LogP contribution in [0.1, 0.15) is 99.8 Å². The Hall–Kier alpha value is -0.910. The van der Waals surface area contributed by atoms with Crippen molar-refractivity contribution < 1.29 is 25.2 Å². The molecular weight excluding hydrogens is 440 g/mol. The second kappa shape index (κ2) is 7.35. The van der Waals surface area contributed by atoms with Gasteiger partial charge in [-0.2, -0.15) is 0 Å². The van der Waals surface area contributed by atoms with E-state index in [1.807, 2.05) is 0 Å². The first-order chi connectivity index (χ1) is 16.0. The van der Waals surface area contributed by atoms with Crippen molar-refractivity contribution in [3.63, 3.8) is 0 Å². The molecule has 5 heteroatoms. The molecule has 0 spiro atoms. The molecule has 35 heavy (non-hydrogen) atoms. The van der Waals surface area contributed by atoms with Gasteiger partial charge < -0.3 is 20.4 Å². The third kappa shape index (κ3) is 2.95. The maximum absolute atomic E-state index is 12.8. The summed E-state index contributed by atoms with van der Waals surface area (Å²) in [5, 5.41) is 44.1. The summed E-state index contributed by atoms with van der Waals surface area (Å²) in [5.74, 6) is -0.420. The van der Waals surface area contributed by atoms with E-state index in [9.17, 15) is 25.2 Å². The number of rotatable bonds is 1. The molecule has 0 aliphatic heterocycles. The van der Waals surface area contributed by atoms with Gasteiger partial charge in [-0.3, -0.25) is 4.79 Å². The predicted molar refractivity (Wildman–Crippen MR) is 135 cm³/mol. The van der Waals surface area contributed by atoms with Crippen LogP contribution in [0.25, 0.3) is 0 Å². The molecule has 4 N–H and O–H groups in total. The van der Waals surface area contributed by atoms with Crippen LogP contribution in [0.4, 0.5) is 0 Å². The van der Waals surface area contributed by atoms with Crippen molar-refractivity contribution in [1.82, 2.24) is 0 Å². The van der Waals surface area contributed by atoms with E-state index in [2.05, 4.69) is 54.5 Å². The van der Waals surface area contributed by atoms with Gasteiger partial charge in [0.05, 0.1) is 23.7 Å². The summed E-state index contributed by atoms with van der Waals surface area (Å²) in [6, 6.07) is 0. The Bertz CT molecular complexity index is 952. The van der Waals surface area contributed by atoms with E-state index in [1.54, 1.807) is 0 Å². The quantitative estimate of drug-likeness (QED) is 0.382. The fraction of sp³-hybridized carbons (Fsp3) is 0.900. The van der Waals surface area contributed by atoms with Gasteiger partial charge in [-0.05, 0) is 90.3 Å². The Morgan fingerprint density at radius 1 is 0.857 bits per heavy atom. The molecule has 5 nitrogen and oxygen atoms in total. The Morgan fingerprint density at radius 3 is 2.11 bits per heavy atom. The first-order valence-corrected chi connectivity index (χ1v) is 14.0. The molecular formula is C30H48O5. The second-order valence-electron chi connectivity index (χ2n) is 15.2. The number of allylic oxidation sites excluding steroid dienone is 1. The Labute approximate surface area is 211 Å². The summed E-state index contributed by atoms with van der Waals surface area (Å²) in [4.78, 5) is 12.8. The topological polar surface area (TPSA) is 98.0 Å². The zero-order valence-corrected chi connectivity index (χ0v) is 22.9. The Kier molecular flexibility index (Phi) is 5.40. The lowest BCUT2D eigenvalue weighted by molar-refractivity contribution is -0.234. The summed E-state index contributed by atoms with van der Waals surface area (Å²) in [7, 11) is 0. The van der Waals surface area contributed by atoms with E-state index in [0.29, 0.717) is 31.1 Å². The molecule has 5 aliphatic rings. The van der Waals surface area contributed by atoms with Crippen LogP contribution >= 0.6 is 0 Å². The number of carboxylic acids is 1. The van der Waals surface area contributed by atoms with E-state index < -0.39 is 29.7 Å². The third-order valence-corrected chi connectivity index (χ3v) is 13.2. The van der Waals surface area contributed by atoms with Crippen molar-refractivity contribution in [3.05, 3.63) is 11.6 Å². The normalized spacial score (nSPS) is 54.4. The number of hydrogen-bond donors (Lipinski definition) is 4. The van der Waals surface area contributed by atoms with Crippen LogP contribution in [0.15, 0.2) is 11.6 Å². The minimum absolute atomic E-state index is 0.0492. The van der Waals surface area contributed by atoms with Crippen LogP contribution in [0, 0.1) is 50.2 Å². The molecule has 4 fully saturated rings. The maximum Gasteiger partial charge on any atom is 0.310 e. The van der Waals surface area contributed by atoms with E-state index in [4.69, 9.17) is 0 Å². The number of hydrogen-bond acceptors (Lipinski definition) is 4. The fourth-order valence-corrected chi connectivity index (χ4v) is 10.7. The van der Waals surface area contributed by atoms with E-state index in [1.165, 1.54) is 5.57 Å². The lowest BCUT2D eigenvalue weighted by atomic mass is 9.33. The molecule has 0 amide bonds. The van der Waals surface area contributed by atoms with Crippen LogP contribution in [0.2, 0.25) is 0 Å². The summed E-state index contributed by atoms with van der Waals surface area (Å²) in [6.07, 6.45) is 6.54. The molecule has 0 saturated heterocycles. The highest BCUT2D eigenvalue weighted by Gasteiger charge is 2.71. The molecule has 5 aliphatic carbocycles. The SMILES string of the molecule is CC1(C)CC[C@]2(C(=O)O)CC[C@]3(C)C(=CC[C@@H]4[C@]5(C)C[C@@H](O)[C@H](O)C(C)(C)[C@@H]5CC[C@@]43C)[C@H]2[C@@H]1O. The van der Waals surface area contributed by atoms with E-state index in [0.717, 1.165) is 32.1 Å². The van der Waals surface area contributed by atoms with Gasteiger partial charge in [0.1, 0.15) is 0 Å². The molecule has 0 radical (unpaired) electrons. The Morgan fingerprint density at radius 2 is 1.49 bits per heavy atom. The van der Waals surface area contributed by atoms with Crippen LogP contribution < -0.4 is 0 Å². The number of carboxylic acid groups (broad SMARTS) is 1. The van der Waals surface area contributed by atoms with Crippen LogP contribution in [-0.4, -0.2) is 44.7 Å². The average Bonchev–Trinajstić information content (AvgIpc) is 2.75. The van der Waals surface area contributed by atoms with Crippen LogP contribution in [0.3, 0.4) is 0 Å². The van der Waals surface area contributed by atoms with Crippen molar-refractivity contribution in [2.45, 2.75) is 118 Å². The zero-order chi connectivity index (χ0) is 26.0. The van der Waals surface area contributed by atoms with E-state index >= 15 is 0 Å². The van der Waals surface area contributed by atoms with Crippen molar-refractivity contribution >= 4 is 5.97 Å². The molecule has 4 saturated carbocycles. The van der Waals surface area contributed by atoms with Gasteiger partial charge in [0.2, 0.25) is 0 Å². The first-order valence-electron chi connectivity index (χ1n) is 14.0. The van der Waals surface area contributed by atoms with Gasteiger partial charge in [-0.1, -0.05) is 60.1 Å². The molecule has 0 aromatic rings. The molecule has 5 rings (SSSR count). The highest BCUT2D eigenvalue weighted by atomic mass is 16.4. The zero-order valence-electron chi connectivity index (χ0n) is 22.9. The highest BCUT2D eigenvalue weighted by Crippen LogP contribution is 2.75. The molecule has 10 atom stereocenters. The molecule has 0 bridgehead atoms. The summed E-state index contributed by atoms with van der Waals surface area (Å²) in [5.41, 5.74) is -0.684. The molecule has 0 unspecified atom stereocenters. The van der Waals surface area contributed by atoms with Gasteiger partial charge in [0.15, 0.2) is 0 Å². The van der Waals surface area contributed by atoms with Gasteiger partial charge in [-0.25, -0.2) is 0 Å². The minimum atomic E-state index is -0.877. The number of aliphatic hydroxyl groups excluding tert-OH is 3. The minimum Gasteiger partial charge on any atom is -0.481 e. The number of carbonyl (C=O) groups is 1. The number of aliphatic carboxylic acids is 1. The molecule has 0 aromatic heterocycles. The van der Waals surface area contributed by atoms with Crippen LogP contribution in [-0.2, 0) is 4.79 Å². The standard InChI is InChI=1S/C30H48O5/c1-25(2)12-14-30(24(34)35)15-13-28(6)17(21(30)23(25)33)8-9-20-27(5)16-18(31)22(32)26(3,4)19(27)10-11-29(20,28)7/h8,18-23,31-33H,9-16H2,1-7H3,(H,34,35)/t18-,19+,20-,21+,22+,23+,27-,28-,29+,30+/m1/s1. The van der Waals surface area contributed by atoms with Crippen LogP contribution in [0.5, 0.6) is 0 Å². The summed E-state index contributed by atoms with van der Waals surface area (Å²) < 4.78 is 0. The molecule has 198 valence electrons. The largest absolute Gasteiger partial charge is 0.481 e. The summed E-state index contributed by atoms with van der Waals surface area (Å²) in [6.45, 7) is 15.6. The van der Waals surface area contributed by atoms with Crippen molar-refractivity contribution in [3.8, 4) is 0 Å². The first kappa shape index (κ1) is 25.7. The predicted octanol–water partition coefficient (Wildman–Crippen LogP) is 5.18. The van der Waals surface area contributed by atoms with Gasteiger partial charge >= 0.3 is 5.97 Å². The fourth-order valence-electron chi connectivity index (χ4n) is 10.7. The Balaban J connectivity index is 1.63. The average molecular weight is 489 g/mol. The van der Waals surface area contributed by atoms with Crippen molar-refractivity contribution in [2.24, 2.45) is 50.2 Å². The monoisotopic (exact) mass is 488 g/mol. The van der Waals surface area contributed by atoms with E-state index in [-0.39, 0.29) is 33.0 Å². The lowest BCUT2D eigenvalue weighted by Gasteiger charge is -2.71. The summed E-state index contributed by atoms with van der Waals surface area (Å²) >= 11 is 0. The van der Waals surface area contributed by atoms with Crippen molar-refractivity contribution in [1.29, 1.82) is 0 Å². The van der Waals surface area contributed by atoms with Gasteiger partial charge in [-0.15, -0.1) is 0 Å². The number of fused-ring (bicyclic) bond motifs is 7. The van der Waals surface area contributed by atoms with Gasteiger partial charge in [0, 0.05) is 5.92 Å². The lowest BCUT2D eigenvalue weighted by Crippen LogP contribution is -2.68. The second-order valence-corrected chi connectivity index (χ2v) is 15.2. The molecule has 0 heterocycles. The number of aliphatic hydroxyl groups is 3. The van der Waals surface area contributed by atoms with Crippen molar-refractivity contribution in [2.75, 3.05) is 0 Å².